The highest BCUT2D eigenvalue weighted by molar-refractivity contribution is 7.49. The van der Waals surface area contributed by atoms with Gasteiger partial charge in [0.05, 0.1) is 46.1 Å². The van der Waals surface area contributed by atoms with Gasteiger partial charge in [-0.2, -0.15) is 0 Å². The minimum absolute atomic E-state index is 0.223. The number of ketones is 1. The number of esters is 1. The van der Waals surface area contributed by atoms with Crippen LogP contribution in [0.5, 0.6) is 0 Å². The quantitative estimate of drug-likeness (QED) is 0.0331. The van der Waals surface area contributed by atoms with Crippen LogP contribution in [0.15, 0.2) is 291 Å². The van der Waals surface area contributed by atoms with Gasteiger partial charge in [0.25, 0.3) is 0 Å². The molecule has 0 radical (unpaired) electrons. The maximum Gasteiger partial charge on any atom is 0.475 e. The lowest BCUT2D eigenvalue weighted by Gasteiger charge is -2.46. The molecule has 0 bridgehead atoms. The smallest absolute Gasteiger partial charge is 0.457 e. The number of Topliss-reactive ketones (excluding diaryl/α,β-unsaturated/α-hetero) is 1. The maximum absolute atomic E-state index is 18.0. The molecule has 21 rings (SSSR count). The molecule has 0 unspecified atom stereocenters. The molecule has 9 aliphatic rings. The molecule has 3 fully saturated rings. The highest BCUT2D eigenvalue weighted by Crippen LogP contribution is 2.66. The van der Waals surface area contributed by atoms with E-state index in [1.807, 2.05) is 267 Å². The Hall–Kier alpha value is -9.97. The maximum atomic E-state index is 18.0. The largest absolute Gasteiger partial charge is 0.475 e. The van der Waals surface area contributed by atoms with E-state index >= 15 is 18.5 Å². The van der Waals surface area contributed by atoms with E-state index in [0.29, 0.717) is 25.7 Å². The Morgan fingerprint density at radius 3 is 0.702 bits per heavy atom. The van der Waals surface area contributed by atoms with Crippen LogP contribution in [-0.2, 0) is 78.2 Å². The summed E-state index contributed by atoms with van der Waals surface area (Å²) < 4.78 is 142. The summed E-state index contributed by atoms with van der Waals surface area (Å²) in [7, 11) is -16.1. The van der Waals surface area contributed by atoms with Gasteiger partial charge in [0.2, 0.25) is 0 Å². The van der Waals surface area contributed by atoms with Crippen molar-refractivity contribution in [3.63, 3.8) is 0 Å². The van der Waals surface area contributed by atoms with E-state index in [2.05, 4.69) is 24.3 Å². The fourth-order valence-electron chi connectivity index (χ4n) is 20.6. The van der Waals surface area contributed by atoms with Crippen molar-refractivity contribution in [2.45, 2.75) is 130 Å². The second-order valence-electron chi connectivity index (χ2n) is 33.0. The fourth-order valence-corrected chi connectivity index (χ4v) is 24.8. The minimum Gasteiger partial charge on any atom is -0.457 e. The molecular formula is C101H89O17P3. The molecule has 0 aromatic heterocycles. The van der Waals surface area contributed by atoms with Crippen molar-refractivity contribution in [1.29, 1.82) is 0 Å². The molecular weight excluding hydrogens is 1580 g/mol. The van der Waals surface area contributed by atoms with Crippen molar-refractivity contribution in [3.05, 3.63) is 358 Å². The van der Waals surface area contributed by atoms with E-state index in [9.17, 15) is 4.79 Å². The van der Waals surface area contributed by atoms with E-state index in [4.69, 9.17) is 54.9 Å². The Kier molecular flexibility index (Phi) is 20.9. The number of hydrogen-bond donors (Lipinski definition) is 0. The Balaban J connectivity index is 0.757. The van der Waals surface area contributed by atoms with Gasteiger partial charge in [0.15, 0.2) is 11.9 Å². The topological polar surface area (TPSA) is 196 Å². The van der Waals surface area contributed by atoms with Crippen LogP contribution in [-0.4, -0.2) is 93.8 Å². The lowest BCUT2D eigenvalue weighted by Crippen LogP contribution is -2.65. The van der Waals surface area contributed by atoms with E-state index < -0.39 is 114 Å². The Morgan fingerprint density at radius 1 is 0.281 bits per heavy atom. The molecule has 12 aromatic carbocycles. The average molecular weight is 1670 g/mol. The summed E-state index contributed by atoms with van der Waals surface area (Å²) in [5.74, 6) is -5.87. The number of phosphoric ester groups is 3. The summed E-state index contributed by atoms with van der Waals surface area (Å²) in [5, 5.41) is 0. The normalized spacial score (nSPS) is 20.3. The summed E-state index contributed by atoms with van der Waals surface area (Å²) >= 11 is 0. The number of rotatable bonds is 28. The SMILES string of the molecule is CC(=O)CCC(=O)O[C@H]1[C@@H]2OC3(CCCCC3)O[C@@H]2[C@H](OP(=O)(OCC2c3ccccc3-c3ccccc32)OCC2c3ccccc3-c3ccccc32)[C@@H](OP(=O)(OCC2c3ccccc3-c3ccccc32)OCC2c3ccccc3-c3ccccc32)[C@@H]1OP(=O)(OCC1c2ccccc2-c2ccccc21)OCC1c2ccccc2-c2ccccc21. The summed E-state index contributed by atoms with van der Waals surface area (Å²) in [6, 6.07) is 96.1. The number of benzene rings is 12. The van der Waals surface area contributed by atoms with Crippen LogP contribution < -0.4 is 0 Å². The average Bonchev–Trinajstić information content (AvgIpc) is 1.65. The molecule has 17 nitrogen and oxygen atoms in total. The molecule has 6 atom stereocenters. The molecule has 12 aromatic rings. The molecule has 0 N–H and O–H groups in total. The molecule has 2 saturated carbocycles. The molecule has 1 heterocycles. The van der Waals surface area contributed by atoms with Gasteiger partial charge in [-0.3, -0.25) is 45.5 Å². The highest BCUT2D eigenvalue weighted by atomic mass is 31.2. The van der Waals surface area contributed by atoms with Gasteiger partial charge < -0.3 is 19.0 Å². The molecule has 1 saturated heterocycles. The van der Waals surface area contributed by atoms with Gasteiger partial charge in [-0.05, 0) is 153 Å². The molecule has 1 aliphatic heterocycles. The Morgan fingerprint density at radius 2 is 0.479 bits per heavy atom. The number of fused-ring (bicyclic) bond motifs is 19. The predicted octanol–water partition coefficient (Wildman–Crippen LogP) is 23.2. The first-order valence-corrected chi connectivity index (χ1v) is 46.5. The third-order valence-electron chi connectivity index (χ3n) is 26.1. The summed E-state index contributed by atoms with van der Waals surface area (Å²) in [6.07, 6.45) is -8.87. The molecule has 8 aliphatic carbocycles. The van der Waals surface area contributed by atoms with Crippen LogP contribution in [0.4, 0.5) is 0 Å². The zero-order chi connectivity index (χ0) is 81.6. The first-order chi connectivity index (χ1) is 59.2. The van der Waals surface area contributed by atoms with Gasteiger partial charge in [-0.1, -0.05) is 298 Å². The third kappa shape index (κ3) is 14.5. The van der Waals surface area contributed by atoms with Gasteiger partial charge >= 0.3 is 29.4 Å². The fraction of sp³-hybridized carbons (Fsp3) is 0.267. The molecule has 20 heteroatoms. The standard InChI is InChI=1S/C101H89O17P3/c1-63(102)53-54-94(103)113-95-96-97(115-101(114-96)55-27-2-28-56-101)99(117-120(105,109-59-90-80-45-19-7-33-68(80)69-34-8-20-46-81(69)90)110-60-91-82-47-21-9-35-70(82)71-36-10-22-48-83(71)91)100(118-121(106,111-61-92-84-49-23-11-37-72(84)73-38-12-24-50-85(73)92)112-62-93-86-51-25-13-39-74(86)75-40-14-26-52-87(75)93)98(95)116-119(104,107-57-88-76-41-15-3-29-64(76)65-30-4-16-42-77(65)88)108-58-89-78-43-17-5-31-66(78)67-32-6-18-44-79(67)89/h3-26,29-52,88-93,95-100H,2,27-28,53-62H2,1H3/t95-,96-,97-,98+,99-,100-/m0/s1. The van der Waals surface area contributed by atoms with E-state index in [1.165, 1.54) is 6.92 Å². The first-order valence-electron chi connectivity index (χ1n) is 42.1. The van der Waals surface area contributed by atoms with Gasteiger partial charge in [0.1, 0.15) is 36.3 Å². The van der Waals surface area contributed by atoms with Crippen molar-refractivity contribution in [2.75, 3.05) is 39.6 Å². The van der Waals surface area contributed by atoms with Crippen LogP contribution >= 0.6 is 23.5 Å². The zero-order valence-corrected chi connectivity index (χ0v) is 69.3. The lowest BCUT2D eigenvalue weighted by atomic mass is 9.85. The number of carbonyl (C=O) groups excluding carboxylic acids is 2. The van der Waals surface area contributed by atoms with Crippen molar-refractivity contribution in [3.8, 4) is 66.8 Å². The number of carbonyl (C=O) groups is 2. The van der Waals surface area contributed by atoms with E-state index in [1.54, 1.807) is 0 Å². The van der Waals surface area contributed by atoms with Crippen molar-refractivity contribution < 1.29 is 78.2 Å². The second-order valence-corrected chi connectivity index (χ2v) is 37.8. The van der Waals surface area contributed by atoms with Gasteiger partial charge in [-0.15, -0.1) is 0 Å². The number of phosphoric acid groups is 3. The zero-order valence-electron chi connectivity index (χ0n) is 66.6. The van der Waals surface area contributed by atoms with E-state index in [0.717, 1.165) is 140 Å². The van der Waals surface area contributed by atoms with Crippen molar-refractivity contribution in [2.24, 2.45) is 0 Å². The minimum atomic E-state index is -5.42. The number of ether oxygens (including phenoxy) is 3. The summed E-state index contributed by atoms with van der Waals surface area (Å²) in [4.78, 5) is 28.6. The lowest BCUT2D eigenvalue weighted by molar-refractivity contribution is -0.209. The molecule has 0 amide bonds. The first kappa shape index (κ1) is 78.3. The van der Waals surface area contributed by atoms with Gasteiger partial charge in [-0.25, -0.2) is 13.7 Å². The molecule has 1 spiro atoms. The van der Waals surface area contributed by atoms with Crippen molar-refractivity contribution in [1.82, 2.24) is 0 Å². The summed E-state index contributed by atoms with van der Waals surface area (Å²) in [6.45, 7) is -0.329. The third-order valence-corrected chi connectivity index (χ3v) is 30.4. The van der Waals surface area contributed by atoms with Crippen LogP contribution in [0.25, 0.3) is 66.8 Å². The van der Waals surface area contributed by atoms with Gasteiger partial charge in [0, 0.05) is 54.8 Å². The van der Waals surface area contributed by atoms with Crippen LogP contribution in [0.2, 0.25) is 0 Å². The predicted molar refractivity (Wildman–Crippen MR) is 461 cm³/mol. The highest BCUT2D eigenvalue weighted by Gasteiger charge is 2.67. The Labute approximate surface area is 703 Å². The Bertz CT molecular complexity index is 5590. The molecule has 610 valence electrons. The van der Waals surface area contributed by atoms with E-state index in [-0.39, 0.29) is 51.8 Å². The van der Waals surface area contributed by atoms with Crippen LogP contribution in [0.1, 0.15) is 154 Å². The number of hydrogen-bond acceptors (Lipinski definition) is 17. The van der Waals surface area contributed by atoms with Crippen LogP contribution in [0, 0.1) is 0 Å². The monoisotopic (exact) mass is 1670 g/mol. The summed E-state index contributed by atoms with van der Waals surface area (Å²) in [5.41, 5.74) is 22.5. The second kappa shape index (κ2) is 32.4. The molecule has 121 heavy (non-hydrogen) atoms. The van der Waals surface area contributed by atoms with Crippen LogP contribution in [0.3, 0.4) is 0 Å². The van der Waals surface area contributed by atoms with Crippen molar-refractivity contribution >= 4 is 35.2 Å².